The van der Waals surface area contributed by atoms with Crippen LogP contribution in [0.4, 0.5) is 0 Å². The van der Waals surface area contributed by atoms with Crippen LogP contribution in [-0.4, -0.2) is 4.98 Å². The van der Waals surface area contributed by atoms with Gasteiger partial charge in [0.15, 0.2) is 0 Å². The second kappa shape index (κ2) is 5.61. The van der Waals surface area contributed by atoms with E-state index in [-0.39, 0.29) is 0 Å². The molecule has 2 rings (SSSR count). The van der Waals surface area contributed by atoms with E-state index in [0.717, 1.165) is 10.9 Å². The molecule has 0 bridgehead atoms. The molecule has 1 aromatic heterocycles. The molecule has 0 aliphatic heterocycles. The van der Waals surface area contributed by atoms with Gasteiger partial charge in [-0.25, -0.2) is 0 Å². The van der Waals surface area contributed by atoms with Gasteiger partial charge in [-0.15, -0.1) is 0 Å². The van der Waals surface area contributed by atoms with E-state index in [1.165, 1.54) is 11.1 Å². The zero-order valence-corrected chi connectivity index (χ0v) is 10.4. The van der Waals surface area contributed by atoms with Crippen LogP contribution in [0, 0.1) is 0 Å². The van der Waals surface area contributed by atoms with E-state index >= 15 is 0 Å². The van der Waals surface area contributed by atoms with Crippen molar-refractivity contribution >= 4 is 22.0 Å². The molecule has 0 radical (unpaired) electrons. The number of hydrogen-bond acceptors (Lipinski definition) is 1. The number of hydrogen-bond donors (Lipinski definition) is 0. The molecular weight excluding hydrogens is 262 g/mol. The van der Waals surface area contributed by atoms with Crippen LogP contribution in [0.5, 0.6) is 0 Å². The molecule has 0 unspecified atom stereocenters. The maximum atomic E-state index is 3.99. The number of rotatable bonds is 3. The predicted octanol–water partition coefficient (Wildman–Crippen LogP) is 4.10. The van der Waals surface area contributed by atoms with Crippen LogP contribution in [0.25, 0.3) is 6.08 Å². The molecule has 0 amide bonds. The van der Waals surface area contributed by atoms with Crippen molar-refractivity contribution in [1.82, 2.24) is 4.98 Å². The van der Waals surface area contributed by atoms with Gasteiger partial charge in [-0.3, -0.25) is 4.98 Å². The van der Waals surface area contributed by atoms with Crippen molar-refractivity contribution < 1.29 is 0 Å². The van der Waals surface area contributed by atoms with E-state index in [2.05, 4.69) is 45.2 Å². The Morgan fingerprint density at radius 3 is 2.38 bits per heavy atom. The molecule has 0 atom stereocenters. The molecule has 0 aliphatic carbocycles. The summed E-state index contributed by atoms with van der Waals surface area (Å²) in [5.74, 6) is 0. The first-order chi connectivity index (χ1) is 7.84. The number of aromatic nitrogens is 1. The molecule has 16 heavy (non-hydrogen) atoms. The normalized spacial score (nSPS) is 10.8. The number of halogens is 1. The Hall–Kier alpha value is -1.41. The van der Waals surface area contributed by atoms with Gasteiger partial charge in [0.05, 0.1) is 0 Å². The van der Waals surface area contributed by atoms with Crippen molar-refractivity contribution in [3.8, 4) is 0 Å². The summed E-state index contributed by atoms with van der Waals surface area (Å²) in [7, 11) is 0. The summed E-state index contributed by atoms with van der Waals surface area (Å²) in [5.41, 5.74) is 2.50. The minimum absolute atomic E-state index is 0.943. The Labute approximate surface area is 104 Å². The Morgan fingerprint density at radius 2 is 1.69 bits per heavy atom. The minimum atomic E-state index is 0.943. The molecule has 1 aromatic carbocycles. The summed E-state index contributed by atoms with van der Waals surface area (Å²) in [6.45, 7) is 0. The lowest BCUT2D eigenvalue weighted by Crippen LogP contribution is -1.80. The van der Waals surface area contributed by atoms with Crippen LogP contribution in [0.2, 0.25) is 0 Å². The third-order valence-electron chi connectivity index (χ3n) is 2.28. The number of benzene rings is 1. The maximum absolute atomic E-state index is 3.99. The highest BCUT2D eigenvalue weighted by Gasteiger charge is 1.89. The van der Waals surface area contributed by atoms with Gasteiger partial charge in [-0.1, -0.05) is 40.2 Å². The SMILES string of the molecule is Brc1ccc(/C=C/Cc2ccncc2)cc1. The van der Waals surface area contributed by atoms with Crippen LogP contribution in [0.1, 0.15) is 11.1 Å². The van der Waals surface area contributed by atoms with Crippen molar-refractivity contribution in [3.63, 3.8) is 0 Å². The number of allylic oxidation sites excluding steroid dienone is 1. The average molecular weight is 274 g/mol. The van der Waals surface area contributed by atoms with E-state index < -0.39 is 0 Å². The standard InChI is InChI=1S/C14H12BrN/c15-14-6-4-12(5-7-14)2-1-3-13-8-10-16-11-9-13/h1-2,4-11H,3H2/b2-1+. The van der Waals surface area contributed by atoms with Crippen molar-refractivity contribution in [2.45, 2.75) is 6.42 Å². The van der Waals surface area contributed by atoms with Gasteiger partial charge >= 0.3 is 0 Å². The number of pyridine rings is 1. The molecule has 0 saturated carbocycles. The third kappa shape index (κ3) is 3.31. The van der Waals surface area contributed by atoms with E-state index in [1.54, 1.807) is 0 Å². The van der Waals surface area contributed by atoms with Crippen LogP contribution in [0.15, 0.2) is 59.3 Å². The maximum Gasteiger partial charge on any atom is 0.0270 e. The van der Waals surface area contributed by atoms with Crippen LogP contribution in [0.3, 0.4) is 0 Å². The van der Waals surface area contributed by atoms with E-state index in [9.17, 15) is 0 Å². The first-order valence-electron chi connectivity index (χ1n) is 5.15. The molecule has 80 valence electrons. The summed E-state index contributed by atoms with van der Waals surface area (Å²) in [4.78, 5) is 3.99. The molecule has 1 nitrogen and oxygen atoms in total. The molecule has 0 aliphatic rings. The van der Waals surface area contributed by atoms with Gasteiger partial charge in [0, 0.05) is 16.9 Å². The lowest BCUT2D eigenvalue weighted by molar-refractivity contribution is 1.22. The largest absolute Gasteiger partial charge is 0.265 e. The minimum Gasteiger partial charge on any atom is -0.265 e. The molecule has 0 N–H and O–H groups in total. The quantitative estimate of drug-likeness (QED) is 0.821. The summed E-state index contributed by atoms with van der Waals surface area (Å²) in [6.07, 6.45) is 8.88. The molecule has 2 heteroatoms. The molecule has 1 heterocycles. The fraction of sp³-hybridized carbons (Fsp3) is 0.0714. The summed E-state index contributed by atoms with van der Waals surface area (Å²) >= 11 is 3.42. The second-order valence-corrected chi connectivity index (χ2v) is 4.43. The zero-order valence-electron chi connectivity index (χ0n) is 8.81. The third-order valence-corrected chi connectivity index (χ3v) is 2.81. The highest BCUT2D eigenvalue weighted by Crippen LogP contribution is 2.11. The highest BCUT2D eigenvalue weighted by atomic mass is 79.9. The van der Waals surface area contributed by atoms with Gasteiger partial charge in [0.1, 0.15) is 0 Å². The monoisotopic (exact) mass is 273 g/mol. The van der Waals surface area contributed by atoms with Crippen molar-refractivity contribution in [1.29, 1.82) is 0 Å². The van der Waals surface area contributed by atoms with Crippen molar-refractivity contribution in [2.24, 2.45) is 0 Å². The Kier molecular flexibility index (Phi) is 3.89. The molecular formula is C14H12BrN. The predicted molar refractivity (Wildman–Crippen MR) is 71.1 cm³/mol. The van der Waals surface area contributed by atoms with E-state index in [1.807, 2.05) is 36.7 Å². The zero-order chi connectivity index (χ0) is 11.2. The fourth-order valence-corrected chi connectivity index (χ4v) is 1.69. The Bertz CT molecular complexity index is 460. The molecule has 0 spiro atoms. The molecule has 0 saturated heterocycles. The fourth-order valence-electron chi connectivity index (χ4n) is 1.42. The topological polar surface area (TPSA) is 12.9 Å². The molecule has 2 aromatic rings. The summed E-state index contributed by atoms with van der Waals surface area (Å²) in [6, 6.07) is 12.3. The van der Waals surface area contributed by atoms with Gasteiger partial charge in [0.2, 0.25) is 0 Å². The second-order valence-electron chi connectivity index (χ2n) is 3.51. The van der Waals surface area contributed by atoms with E-state index in [4.69, 9.17) is 0 Å². The van der Waals surface area contributed by atoms with Crippen molar-refractivity contribution in [3.05, 3.63) is 70.5 Å². The lowest BCUT2D eigenvalue weighted by Gasteiger charge is -1.95. The van der Waals surface area contributed by atoms with Crippen LogP contribution >= 0.6 is 15.9 Å². The summed E-state index contributed by atoms with van der Waals surface area (Å²) < 4.78 is 1.11. The van der Waals surface area contributed by atoms with Gasteiger partial charge in [-0.2, -0.15) is 0 Å². The molecule has 0 fully saturated rings. The lowest BCUT2D eigenvalue weighted by atomic mass is 10.1. The van der Waals surface area contributed by atoms with Gasteiger partial charge in [0.25, 0.3) is 0 Å². The van der Waals surface area contributed by atoms with Crippen molar-refractivity contribution in [2.75, 3.05) is 0 Å². The Morgan fingerprint density at radius 1 is 1.00 bits per heavy atom. The number of nitrogens with zero attached hydrogens (tertiary/aromatic N) is 1. The first-order valence-corrected chi connectivity index (χ1v) is 5.95. The highest BCUT2D eigenvalue weighted by molar-refractivity contribution is 9.10. The smallest absolute Gasteiger partial charge is 0.0270 e. The van der Waals surface area contributed by atoms with Crippen LogP contribution < -0.4 is 0 Å². The summed E-state index contributed by atoms with van der Waals surface area (Å²) in [5, 5.41) is 0. The van der Waals surface area contributed by atoms with Gasteiger partial charge < -0.3 is 0 Å². The average Bonchev–Trinajstić information content (AvgIpc) is 2.33. The Balaban J connectivity index is 1.98. The van der Waals surface area contributed by atoms with E-state index in [0.29, 0.717) is 0 Å². The first kappa shape index (κ1) is 11.1. The van der Waals surface area contributed by atoms with Crippen LogP contribution in [-0.2, 0) is 6.42 Å². The van der Waals surface area contributed by atoms with Gasteiger partial charge in [-0.05, 0) is 41.8 Å².